The number of likely N-dealkylation sites (tertiary alicyclic amines) is 2. The third-order valence-corrected chi connectivity index (χ3v) is 10.3. The number of ether oxygens (including phenoxy) is 1. The van der Waals surface area contributed by atoms with Crippen molar-refractivity contribution >= 4 is 29.5 Å². The van der Waals surface area contributed by atoms with Crippen LogP contribution < -0.4 is 16.4 Å². The largest absolute Gasteiger partial charge is 0.436 e. The summed E-state index contributed by atoms with van der Waals surface area (Å²) in [5, 5.41) is 6.50. The lowest BCUT2D eigenvalue weighted by Gasteiger charge is -2.39. The van der Waals surface area contributed by atoms with E-state index in [1.165, 1.54) is 12.8 Å². The van der Waals surface area contributed by atoms with Crippen LogP contribution in [0.1, 0.15) is 56.6 Å². The number of hydrogen-bond donors (Lipinski definition) is 3. The first-order valence-electron chi connectivity index (χ1n) is 16.7. The minimum atomic E-state index is -0.939. The fraction of sp³-hybridized carbons (Fsp3) is 0.588. The highest BCUT2D eigenvalue weighted by Gasteiger charge is 2.36. The van der Waals surface area contributed by atoms with Crippen molar-refractivity contribution in [2.24, 2.45) is 11.8 Å². The molecular formula is C34H49N7O4. The third-order valence-electron chi connectivity index (χ3n) is 10.3. The number of amides is 4. The van der Waals surface area contributed by atoms with Gasteiger partial charge in [-0.05, 0) is 99.6 Å². The van der Waals surface area contributed by atoms with E-state index in [0.29, 0.717) is 57.3 Å². The van der Waals surface area contributed by atoms with Gasteiger partial charge in [0.25, 0.3) is 5.91 Å². The number of aromatic nitrogens is 1. The van der Waals surface area contributed by atoms with E-state index in [0.717, 1.165) is 60.6 Å². The lowest BCUT2D eigenvalue weighted by molar-refractivity contribution is -0.142. The maximum absolute atomic E-state index is 13.9. The molecule has 0 bridgehead atoms. The maximum Gasteiger partial charge on any atom is 0.410 e. The van der Waals surface area contributed by atoms with Gasteiger partial charge in [0.05, 0.1) is 0 Å². The van der Waals surface area contributed by atoms with Gasteiger partial charge < -0.3 is 35.8 Å². The molecule has 244 valence electrons. The first-order chi connectivity index (χ1) is 21.9. The van der Waals surface area contributed by atoms with E-state index < -0.39 is 12.2 Å². The maximum atomic E-state index is 13.9. The molecule has 3 fully saturated rings. The highest BCUT2D eigenvalue weighted by atomic mass is 16.6. The van der Waals surface area contributed by atoms with Gasteiger partial charge in [0.2, 0.25) is 0 Å². The number of para-hydroxylation sites is 1. The smallest absolute Gasteiger partial charge is 0.410 e. The Bertz CT molecular complexity index is 1370. The molecule has 4 amide bonds. The molecule has 0 radical (unpaired) electrons. The number of carbonyl (C=O) groups excluding carboxylic acids is 3. The van der Waals surface area contributed by atoms with E-state index in [1.807, 2.05) is 47.1 Å². The van der Waals surface area contributed by atoms with Crippen molar-refractivity contribution in [1.29, 1.82) is 0 Å². The zero-order chi connectivity index (χ0) is 31.3. The minimum absolute atomic E-state index is 0. The van der Waals surface area contributed by atoms with Crippen LogP contribution in [0.15, 0.2) is 36.5 Å². The number of rotatable bonds is 6. The van der Waals surface area contributed by atoms with Gasteiger partial charge in [0.1, 0.15) is 5.82 Å². The van der Waals surface area contributed by atoms with Crippen molar-refractivity contribution < 1.29 is 20.5 Å². The third kappa shape index (κ3) is 7.35. The molecule has 1 aromatic heterocycles. The Kier molecular flexibility index (Phi) is 9.73. The van der Waals surface area contributed by atoms with Crippen molar-refractivity contribution in [3.8, 4) is 0 Å². The first-order valence-corrected chi connectivity index (χ1v) is 16.7. The van der Waals surface area contributed by atoms with Crippen molar-refractivity contribution in [2.75, 3.05) is 56.9 Å². The van der Waals surface area contributed by atoms with Gasteiger partial charge in [0, 0.05) is 58.5 Å². The Hall–Kier alpha value is -3.86. The van der Waals surface area contributed by atoms with Crippen molar-refractivity contribution in [3.05, 3.63) is 53.2 Å². The molecule has 3 saturated heterocycles. The quantitative estimate of drug-likeness (QED) is 0.444. The topological polar surface area (TPSA) is 133 Å². The van der Waals surface area contributed by atoms with Crippen LogP contribution in [0.2, 0.25) is 0 Å². The van der Waals surface area contributed by atoms with Crippen LogP contribution in [0.3, 0.4) is 0 Å². The van der Waals surface area contributed by atoms with Gasteiger partial charge >= 0.3 is 12.1 Å². The number of benzene rings is 1. The zero-order valence-electron chi connectivity index (χ0n) is 26.4. The molecule has 11 heteroatoms. The summed E-state index contributed by atoms with van der Waals surface area (Å²) in [6.45, 7) is 6.98. The van der Waals surface area contributed by atoms with E-state index in [9.17, 15) is 14.4 Å². The Balaban J connectivity index is 0.00000417. The molecule has 0 aliphatic carbocycles. The van der Waals surface area contributed by atoms with Crippen LogP contribution in [-0.4, -0.2) is 95.7 Å². The molecule has 5 heterocycles. The lowest BCUT2D eigenvalue weighted by Crippen LogP contribution is -2.52. The molecule has 45 heavy (non-hydrogen) atoms. The van der Waals surface area contributed by atoms with Gasteiger partial charge in [-0.2, -0.15) is 0 Å². The summed E-state index contributed by atoms with van der Waals surface area (Å²) in [6.07, 6.45) is 6.97. The monoisotopic (exact) mass is 619 g/mol. The average molecular weight is 620 g/mol. The lowest BCUT2D eigenvalue weighted by atomic mass is 9.79. The Morgan fingerprint density at radius 3 is 2.42 bits per heavy atom. The summed E-state index contributed by atoms with van der Waals surface area (Å²) in [7, 11) is 0. The predicted molar refractivity (Wildman–Crippen MR) is 175 cm³/mol. The summed E-state index contributed by atoms with van der Waals surface area (Å²) >= 11 is 0. The number of fused-ring (bicyclic) bond motifs is 1. The summed E-state index contributed by atoms with van der Waals surface area (Å²) < 4.78 is 6.02. The van der Waals surface area contributed by atoms with Crippen LogP contribution in [0.25, 0.3) is 0 Å². The highest BCUT2D eigenvalue weighted by Crippen LogP contribution is 2.31. The van der Waals surface area contributed by atoms with Crippen LogP contribution in [0.5, 0.6) is 0 Å². The molecule has 4 aliphatic heterocycles. The predicted octanol–water partition coefficient (Wildman–Crippen LogP) is 4.06. The van der Waals surface area contributed by atoms with Crippen molar-refractivity contribution in [1.82, 2.24) is 25.0 Å². The van der Waals surface area contributed by atoms with E-state index in [4.69, 9.17) is 10.5 Å². The molecule has 6 rings (SSSR count). The Morgan fingerprint density at radius 1 is 1.00 bits per heavy atom. The molecule has 4 aliphatic rings. The summed E-state index contributed by atoms with van der Waals surface area (Å²) in [4.78, 5) is 50.2. The normalized spacial score (nSPS) is 21.1. The van der Waals surface area contributed by atoms with Crippen molar-refractivity contribution in [2.45, 2.75) is 70.4 Å². The Labute approximate surface area is 267 Å². The first kappa shape index (κ1) is 31.1. The van der Waals surface area contributed by atoms with E-state index in [2.05, 4.69) is 15.6 Å². The fourth-order valence-corrected chi connectivity index (χ4v) is 7.55. The van der Waals surface area contributed by atoms with Gasteiger partial charge in [-0.15, -0.1) is 0 Å². The number of aryl methyl sites for hydroxylation is 1. The number of nitrogens with two attached hydrogens (primary N) is 1. The number of carbonyl (C=O) groups is 3. The van der Waals surface area contributed by atoms with Crippen LogP contribution in [-0.2, 0) is 22.4 Å². The molecule has 0 saturated carbocycles. The number of pyridine rings is 1. The SMILES string of the molecule is Cc1cc(C[C@@H](OC(=O)N2CCC(N3CCc4ccccc4NC3=O)CC2)C(=O)N2CCC(C3CCNCC3)CC2)cnc1N.[HH]. The summed E-state index contributed by atoms with van der Waals surface area (Å²) in [5.41, 5.74) is 9.58. The van der Waals surface area contributed by atoms with Gasteiger partial charge in [-0.1, -0.05) is 24.3 Å². The number of nitrogens with one attached hydrogen (secondary N) is 2. The number of nitrogens with zero attached hydrogens (tertiary/aromatic N) is 4. The van der Waals surface area contributed by atoms with E-state index in [1.54, 1.807) is 11.1 Å². The number of nitrogen functional groups attached to an aromatic ring is 1. The molecular weight excluding hydrogens is 570 g/mol. The average Bonchev–Trinajstić information content (AvgIpc) is 3.24. The van der Waals surface area contributed by atoms with Crippen molar-refractivity contribution in [3.63, 3.8) is 0 Å². The molecule has 0 spiro atoms. The van der Waals surface area contributed by atoms with E-state index in [-0.39, 0.29) is 25.8 Å². The van der Waals surface area contributed by atoms with E-state index >= 15 is 0 Å². The second kappa shape index (κ2) is 14.1. The fourth-order valence-electron chi connectivity index (χ4n) is 7.55. The summed E-state index contributed by atoms with van der Waals surface area (Å²) in [6, 6.07) is 9.76. The summed E-state index contributed by atoms with van der Waals surface area (Å²) in [5.74, 6) is 1.67. The molecule has 1 atom stereocenters. The molecule has 2 aromatic rings. The Morgan fingerprint density at radius 2 is 1.69 bits per heavy atom. The minimum Gasteiger partial charge on any atom is -0.436 e. The second-order valence-corrected chi connectivity index (χ2v) is 13.1. The highest BCUT2D eigenvalue weighted by molar-refractivity contribution is 5.91. The number of urea groups is 1. The molecule has 1 aromatic carbocycles. The van der Waals surface area contributed by atoms with Crippen LogP contribution in [0, 0.1) is 18.8 Å². The van der Waals surface area contributed by atoms with Gasteiger partial charge in [-0.25, -0.2) is 14.6 Å². The number of anilines is 2. The number of hydrogen-bond acceptors (Lipinski definition) is 7. The zero-order valence-corrected chi connectivity index (χ0v) is 26.4. The molecule has 0 unspecified atom stereocenters. The molecule has 4 N–H and O–H groups in total. The van der Waals surface area contributed by atoms with Gasteiger partial charge in [-0.3, -0.25) is 4.79 Å². The van der Waals surface area contributed by atoms with Crippen LogP contribution in [0.4, 0.5) is 21.1 Å². The van der Waals surface area contributed by atoms with Crippen LogP contribution >= 0.6 is 0 Å². The molecule has 11 nitrogen and oxygen atoms in total. The second-order valence-electron chi connectivity index (χ2n) is 13.1. The standard InChI is InChI=1S/C34H47N7O4.H2/c1-23-20-24(22-37-31(23)35)21-30(32(42)39-15-8-26(9-16-39)25-6-13-36-14-7-25)45-34(44)40-17-11-28(12-18-40)41-19-10-27-4-2-3-5-29(27)38-33(41)43;/h2-5,20,22,25-26,28,30,36H,6-19,21H2,1H3,(H2,35,37)(H,38,43);1H/t30-;/m1./s1. The number of piperidine rings is 3. The van der Waals surface area contributed by atoms with Gasteiger partial charge in [0.15, 0.2) is 6.10 Å².